The van der Waals surface area contributed by atoms with Crippen LogP contribution in [0.25, 0.3) is 0 Å². The highest BCUT2D eigenvalue weighted by Gasteiger charge is 2.24. The largest absolute Gasteiger partial charge is 0.491 e. The molecule has 7 nitrogen and oxygen atoms in total. The van der Waals surface area contributed by atoms with E-state index in [2.05, 4.69) is 10.3 Å². The minimum Gasteiger partial charge on any atom is -0.491 e. The number of nitrogens with zero attached hydrogens (tertiary/aromatic N) is 3. The summed E-state index contributed by atoms with van der Waals surface area (Å²) in [5.74, 6) is 0.213. The van der Waals surface area contributed by atoms with Crippen molar-refractivity contribution in [2.75, 3.05) is 19.1 Å². The Labute approximate surface area is 197 Å². The minimum absolute atomic E-state index is 0.0208. The van der Waals surface area contributed by atoms with Crippen molar-refractivity contribution in [3.8, 4) is 11.5 Å². The number of alkyl halides is 1. The third-order valence-corrected chi connectivity index (χ3v) is 5.69. The van der Waals surface area contributed by atoms with Crippen molar-refractivity contribution in [3.63, 3.8) is 0 Å². The number of aryl methyl sites for hydroxylation is 1. The van der Waals surface area contributed by atoms with Crippen LogP contribution < -0.4 is 9.47 Å². The van der Waals surface area contributed by atoms with Gasteiger partial charge in [0.25, 0.3) is 0 Å². The molecule has 3 rings (SSSR count). The van der Waals surface area contributed by atoms with Crippen LogP contribution in [-0.2, 0) is 12.0 Å². The molecule has 1 heterocycles. The second-order valence-corrected chi connectivity index (χ2v) is 8.77. The zero-order valence-electron chi connectivity index (χ0n) is 18.9. The van der Waals surface area contributed by atoms with Crippen LogP contribution in [0.15, 0.2) is 48.7 Å². The van der Waals surface area contributed by atoms with Crippen LogP contribution in [0.5, 0.6) is 11.5 Å². The van der Waals surface area contributed by atoms with E-state index in [0.29, 0.717) is 12.3 Å². The van der Waals surface area contributed by atoms with Gasteiger partial charge in [0.05, 0.1) is 18.1 Å². The van der Waals surface area contributed by atoms with Crippen LogP contribution >= 0.6 is 11.6 Å². The normalized spacial score (nSPS) is 13.5. The van der Waals surface area contributed by atoms with E-state index in [1.54, 1.807) is 23.0 Å². The van der Waals surface area contributed by atoms with E-state index in [-0.39, 0.29) is 24.8 Å². The molecule has 0 aliphatic heterocycles. The van der Waals surface area contributed by atoms with Crippen molar-refractivity contribution in [3.05, 3.63) is 71.3 Å². The van der Waals surface area contributed by atoms with Gasteiger partial charge in [0.1, 0.15) is 31.2 Å². The standard InChI is InChI=1S/C24H29ClFN3O4/c1-16-12-29(28-27-16)13-20(31)15-32-21-7-4-17(5-8-21)24(2,3)18-6-9-23(22(26)10-18)33-14-19(30)11-25/h4-10,12,19-20,30-31H,11,13-15H2,1-3H3/t19-,20-/m1/s1. The minimum atomic E-state index is -0.851. The van der Waals surface area contributed by atoms with E-state index in [4.69, 9.17) is 21.1 Å². The Bertz CT molecular complexity index is 1040. The number of hydrogen-bond donors (Lipinski definition) is 2. The maximum Gasteiger partial charge on any atom is 0.165 e. The Morgan fingerprint density at radius 1 is 1.03 bits per heavy atom. The van der Waals surface area contributed by atoms with Gasteiger partial charge in [-0.05, 0) is 42.3 Å². The second-order valence-electron chi connectivity index (χ2n) is 8.46. The molecule has 2 N–H and O–H groups in total. The third-order valence-electron chi connectivity index (χ3n) is 5.33. The van der Waals surface area contributed by atoms with Crippen molar-refractivity contribution in [1.29, 1.82) is 0 Å². The van der Waals surface area contributed by atoms with Gasteiger partial charge in [-0.25, -0.2) is 9.07 Å². The summed E-state index contributed by atoms with van der Waals surface area (Å²) in [6.45, 7) is 6.17. The highest BCUT2D eigenvalue weighted by molar-refractivity contribution is 6.18. The quantitative estimate of drug-likeness (QED) is 0.411. The van der Waals surface area contributed by atoms with E-state index in [1.807, 2.05) is 45.0 Å². The molecule has 2 aromatic carbocycles. The number of aliphatic hydroxyl groups is 2. The van der Waals surface area contributed by atoms with Crippen LogP contribution in [-0.4, -0.2) is 56.5 Å². The lowest BCUT2D eigenvalue weighted by Crippen LogP contribution is -2.24. The average Bonchev–Trinajstić information content (AvgIpc) is 3.21. The molecule has 2 atom stereocenters. The molecule has 0 aliphatic carbocycles. The van der Waals surface area contributed by atoms with Gasteiger partial charge in [-0.1, -0.05) is 37.3 Å². The Morgan fingerprint density at radius 3 is 2.30 bits per heavy atom. The molecule has 3 aromatic rings. The second kappa shape index (κ2) is 11.0. The topological polar surface area (TPSA) is 89.6 Å². The maximum atomic E-state index is 14.6. The van der Waals surface area contributed by atoms with Gasteiger partial charge < -0.3 is 19.7 Å². The Balaban J connectivity index is 1.61. The van der Waals surface area contributed by atoms with Crippen molar-refractivity contribution in [2.45, 2.75) is 44.9 Å². The third kappa shape index (κ3) is 6.66. The predicted octanol–water partition coefficient (Wildman–Crippen LogP) is 3.47. The fraction of sp³-hybridized carbons (Fsp3) is 0.417. The maximum absolute atomic E-state index is 14.6. The summed E-state index contributed by atoms with van der Waals surface area (Å²) >= 11 is 5.54. The summed E-state index contributed by atoms with van der Waals surface area (Å²) in [6, 6.07) is 12.3. The van der Waals surface area contributed by atoms with Crippen LogP contribution in [0.1, 0.15) is 30.7 Å². The fourth-order valence-electron chi connectivity index (χ4n) is 3.32. The number of aliphatic hydroxyl groups excluding tert-OH is 2. The van der Waals surface area contributed by atoms with Gasteiger partial charge in [0.15, 0.2) is 11.6 Å². The summed E-state index contributed by atoms with van der Waals surface area (Å²) in [5, 5.41) is 27.5. The number of aromatic nitrogens is 3. The smallest absolute Gasteiger partial charge is 0.165 e. The monoisotopic (exact) mass is 477 g/mol. The summed E-state index contributed by atoms with van der Waals surface area (Å²) in [6.07, 6.45) is 0.178. The summed E-state index contributed by atoms with van der Waals surface area (Å²) in [4.78, 5) is 0. The SMILES string of the molecule is Cc1cn(C[C@@H](O)COc2ccc(C(C)(C)c3ccc(OC[C@H](O)CCl)c(F)c3)cc2)nn1. The zero-order valence-corrected chi connectivity index (χ0v) is 19.7. The number of halogens is 2. The molecule has 178 valence electrons. The predicted molar refractivity (Wildman–Crippen MR) is 123 cm³/mol. The van der Waals surface area contributed by atoms with Crippen LogP contribution in [0.4, 0.5) is 4.39 Å². The van der Waals surface area contributed by atoms with E-state index < -0.39 is 23.4 Å². The molecule has 0 amide bonds. The summed E-state index contributed by atoms with van der Waals surface area (Å²) in [7, 11) is 0. The summed E-state index contributed by atoms with van der Waals surface area (Å²) in [5.41, 5.74) is 2.06. The van der Waals surface area contributed by atoms with E-state index in [1.165, 1.54) is 6.07 Å². The Hall–Kier alpha value is -2.68. The molecule has 0 fully saturated rings. The van der Waals surface area contributed by atoms with Gasteiger partial charge in [-0.2, -0.15) is 0 Å². The van der Waals surface area contributed by atoms with Gasteiger partial charge in [0, 0.05) is 11.6 Å². The highest BCUT2D eigenvalue weighted by atomic mass is 35.5. The van der Waals surface area contributed by atoms with Gasteiger partial charge in [0.2, 0.25) is 0 Å². The molecule has 0 aliphatic rings. The van der Waals surface area contributed by atoms with Crippen molar-refractivity contribution < 1.29 is 24.1 Å². The van der Waals surface area contributed by atoms with Crippen LogP contribution in [0, 0.1) is 12.7 Å². The van der Waals surface area contributed by atoms with E-state index in [0.717, 1.165) is 16.8 Å². The fourth-order valence-corrected chi connectivity index (χ4v) is 3.41. The lowest BCUT2D eigenvalue weighted by Gasteiger charge is -2.27. The lowest BCUT2D eigenvalue weighted by atomic mass is 9.78. The molecular weight excluding hydrogens is 449 g/mol. The first-order valence-electron chi connectivity index (χ1n) is 10.6. The number of ether oxygens (including phenoxy) is 2. The Morgan fingerprint density at radius 2 is 1.70 bits per heavy atom. The average molecular weight is 478 g/mol. The summed E-state index contributed by atoms with van der Waals surface area (Å²) < 4.78 is 27.1. The molecule has 9 heteroatoms. The van der Waals surface area contributed by atoms with E-state index >= 15 is 0 Å². The van der Waals surface area contributed by atoms with E-state index in [9.17, 15) is 14.6 Å². The molecule has 0 saturated heterocycles. The van der Waals surface area contributed by atoms with Gasteiger partial charge in [-0.3, -0.25) is 0 Å². The first kappa shape index (κ1) is 25.0. The van der Waals surface area contributed by atoms with Crippen molar-refractivity contribution >= 4 is 11.6 Å². The van der Waals surface area contributed by atoms with Gasteiger partial charge >= 0.3 is 0 Å². The first-order valence-corrected chi connectivity index (χ1v) is 11.2. The van der Waals surface area contributed by atoms with Crippen LogP contribution in [0.2, 0.25) is 0 Å². The molecule has 33 heavy (non-hydrogen) atoms. The van der Waals surface area contributed by atoms with Gasteiger partial charge in [-0.15, -0.1) is 16.7 Å². The zero-order chi connectivity index (χ0) is 24.0. The molecule has 0 bridgehead atoms. The van der Waals surface area contributed by atoms with Crippen molar-refractivity contribution in [1.82, 2.24) is 15.0 Å². The number of hydrogen-bond acceptors (Lipinski definition) is 6. The lowest BCUT2D eigenvalue weighted by molar-refractivity contribution is 0.0888. The Kier molecular flexibility index (Phi) is 8.29. The molecule has 0 saturated carbocycles. The van der Waals surface area contributed by atoms with Crippen LogP contribution in [0.3, 0.4) is 0 Å². The molecule has 0 unspecified atom stereocenters. The molecule has 0 spiro atoms. The number of benzene rings is 2. The molecule has 1 aromatic heterocycles. The highest BCUT2D eigenvalue weighted by Crippen LogP contribution is 2.34. The number of rotatable bonds is 11. The molecule has 0 radical (unpaired) electrons. The molecular formula is C24H29ClFN3O4. The van der Waals surface area contributed by atoms with Crippen molar-refractivity contribution in [2.24, 2.45) is 0 Å². The first-order chi connectivity index (χ1) is 15.7.